The van der Waals surface area contributed by atoms with Crippen LogP contribution in [0.3, 0.4) is 0 Å². The van der Waals surface area contributed by atoms with Gasteiger partial charge in [-0.3, -0.25) is 9.69 Å². The summed E-state index contributed by atoms with van der Waals surface area (Å²) in [4.78, 5) is 14.6. The molecule has 6 heteroatoms. The maximum atomic E-state index is 12.2. The largest absolute Gasteiger partial charge is 0.354 e. The lowest BCUT2D eigenvalue weighted by Crippen LogP contribution is -2.44. The van der Waals surface area contributed by atoms with Crippen molar-refractivity contribution in [3.05, 3.63) is 10.0 Å². The van der Waals surface area contributed by atoms with Gasteiger partial charge in [-0.2, -0.15) is 0 Å². The summed E-state index contributed by atoms with van der Waals surface area (Å²) in [5.41, 5.74) is 0. The first-order valence-electron chi connectivity index (χ1n) is 7.06. The van der Waals surface area contributed by atoms with Crippen LogP contribution in [0.2, 0.25) is 0 Å². The van der Waals surface area contributed by atoms with Gasteiger partial charge < -0.3 is 5.32 Å². The fraction of sp³-hybridized carbons (Fsp3) is 0.769. The molecule has 5 nitrogen and oxygen atoms in total. The van der Waals surface area contributed by atoms with Crippen LogP contribution in [-0.4, -0.2) is 46.2 Å². The molecule has 2 heterocycles. The normalized spacial score (nSPS) is 23.7. The summed E-state index contributed by atoms with van der Waals surface area (Å²) in [5.74, 6) is 0.200. The lowest BCUT2D eigenvalue weighted by molar-refractivity contribution is -0.125. The van der Waals surface area contributed by atoms with E-state index in [1.165, 1.54) is 12.8 Å². The predicted octanol–water partition coefficient (Wildman–Crippen LogP) is 1.13. The Morgan fingerprint density at radius 3 is 2.95 bits per heavy atom. The summed E-state index contributed by atoms with van der Waals surface area (Å²) in [6, 6.07) is 0.799. The van der Waals surface area contributed by atoms with Gasteiger partial charge in [-0.15, -0.1) is 21.5 Å². The predicted molar refractivity (Wildman–Crippen MR) is 74.1 cm³/mol. The summed E-state index contributed by atoms with van der Waals surface area (Å²) in [6.45, 7) is 3.71. The first-order valence-corrected chi connectivity index (χ1v) is 7.88. The number of hydrogen-bond donors (Lipinski definition) is 1. The minimum atomic E-state index is 0.114. The molecule has 1 saturated carbocycles. The van der Waals surface area contributed by atoms with Gasteiger partial charge in [0.25, 0.3) is 0 Å². The molecule has 2 fully saturated rings. The smallest absolute Gasteiger partial charge is 0.237 e. The molecular formula is C13H20N4OS. The van der Waals surface area contributed by atoms with Gasteiger partial charge in [-0.25, -0.2) is 0 Å². The first-order chi connectivity index (χ1) is 9.24. The van der Waals surface area contributed by atoms with Crippen molar-refractivity contribution in [2.24, 2.45) is 0 Å². The van der Waals surface area contributed by atoms with E-state index in [4.69, 9.17) is 0 Å². The van der Waals surface area contributed by atoms with Crippen LogP contribution >= 0.6 is 11.3 Å². The van der Waals surface area contributed by atoms with Gasteiger partial charge in [0.05, 0.1) is 6.04 Å². The lowest BCUT2D eigenvalue weighted by Gasteiger charge is -2.23. The number of aromatic nitrogens is 2. The van der Waals surface area contributed by atoms with Crippen LogP contribution in [-0.2, 0) is 11.2 Å². The summed E-state index contributed by atoms with van der Waals surface area (Å²) in [6.07, 6.45) is 5.50. The molecule has 0 bridgehead atoms. The zero-order valence-corrected chi connectivity index (χ0v) is 12.1. The molecule has 104 valence electrons. The van der Waals surface area contributed by atoms with E-state index in [1.807, 2.05) is 6.92 Å². The topological polar surface area (TPSA) is 58.1 Å². The third-order valence-corrected chi connectivity index (χ3v) is 4.72. The minimum absolute atomic E-state index is 0.114. The number of likely N-dealkylation sites (tertiary alicyclic amines) is 1. The average molecular weight is 280 g/mol. The Balaban J connectivity index is 1.45. The van der Waals surface area contributed by atoms with Crippen molar-refractivity contribution in [1.82, 2.24) is 20.4 Å². The van der Waals surface area contributed by atoms with Crippen molar-refractivity contribution >= 4 is 17.2 Å². The maximum Gasteiger partial charge on any atom is 0.237 e. The number of aryl methyl sites for hydroxylation is 1. The van der Waals surface area contributed by atoms with Gasteiger partial charge in [0.15, 0.2) is 0 Å². The van der Waals surface area contributed by atoms with Crippen molar-refractivity contribution in [2.45, 2.75) is 51.1 Å². The van der Waals surface area contributed by atoms with Crippen LogP contribution in [0.15, 0.2) is 0 Å². The second-order valence-electron chi connectivity index (χ2n) is 5.38. The number of hydrogen-bond acceptors (Lipinski definition) is 5. The van der Waals surface area contributed by atoms with E-state index in [9.17, 15) is 4.79 Å². The number of amides is 1. The molecule has 1 saturated heterocycles. The Hall–Kier alpha value is -1.01. The number of carbonyl (C=O) groups is 1. The highest BCUT2D eigenvalue weighted by atomic mass is 32.1. The second-order valence-corrected chi connectivity index (χ2v) is 6.65. The molecule has 2 aliphatic rings. The number of rotatable bonds is 5. The maximum absolute atomic E-state index is 12.2. The Morgan fingerprint density at radius 1 is 1.42 bits per heavy atom. The summed E-state index contributed by atoms with van der Waals surface area (Å²) < 4.78 is 0. The van der Waals surface area contributed by atoms with Crippen LogP contribution in [0.5, 0.6) is 0 Å². The fourth-order valence-electron chi connectivity index (χ4n) is 2.76. The third kappa shape index (κ3) is 3.12. The summed E-state index contributed by atoms with van der Waals surface area (Å²) in [5, 5.41) is 13.1. The van der Waals surface area contributed by atoms with Crippen LogP contribution in [0, 0.1) is 6.92 Å². The van der Waals surface area contributed by atoms with E-state index in [0.29, 0.717) is 12.6 Å². The van der Waals surface area contributed by atoms with Crippen molar-refractivity contribution < 1.29 is 4.79 Å². The molecule has 1 N–H and O–H groups in total. The summed E-state index contributed by atoms with van der Waals surface area (Å²) in [7, 11) is 0. The molecule has 1 atom stereocenters. The van der Waals surface area contributed by atoms with Crippen LogP contribution < -0.4 is 5.32 Å². The molecule has 0 spiro atoms. The van der Waals surface area contributed by atoms with E-state index in [0.717, 1.165) is 35.8 Å². The molecule has 1 amide bonds. The van der Waals surface area contributed by atoms with Crippen LogP contribution in [0.1, 0.15) is 35.7 Å². The Bertz CT molecular complexity index is 457. The molecule has 1 aliphatic heterocycles. The zero-order valence-electron chi connectivity index (χ0n) is 11.3. The lowest BCUT2D eigenvalue weighted by atomic mass is 10.2. The Kier molecular flexibility index (Phi) is 3.79. The van der Waals surface area contributed by atoms with E-state index in [2.05, 4.69) is 20.4 Å². The molecule has 1 aliphatic carbocycles. The van der Waals surface area contributed by atoms with E-state index in [-0.39, 0.29) is 11.9 Å². The van der Waals surface area contributed by atoms with Gasteiger partial charge in [0, 0.05) is 19.0 Å². The monoisotopic (exact) mass is 280 g/mol. The highest BCUT2D eigenvalue weighted by Gasteiger charge is 2.39. The highest BCUT2D eigenvalue weighted by molar-refractivity contribution is 7.11. The summed E-state index contributed by atoms with van der Waals surface area (Å²) >= 11 is 1.60. The zero-order chi connectivity index (χ0) is 13.2. The Labute approximate surface area is 117 Å². The number of nitrogens with one attached hydrogen (secondary N) is 1. The van der Waals surface area contributed by atoms with Crippen molar-refractivity contribution in [3.8, 4) is 0 Å². The third-order valence-electron chi connectivity index (χ3n) is 3.82. The Morgan fingerprint density at radius 2 is 2.26 bits per heavy atom. The van der Waals surface area contributed by atoms with Crippen molar-refractivity contribution in [1.29, 1.82) is 0 Å². The standard InChI is InChI=1S/C13H20N4OS/c1-9-15-16-12(19-9)6-7-14-13(18)11-3-2-8-17(11)10-4-5-10/h10-11H,2-8H2,1H3,(H,14,18). The van der Waals surface area contributed by atoms with E-state index >= 15 is 0 Å². The van der Waals surface area contributed by atoms with Crippen molar-refractivity contribution in [2.75, 3.05) is 13.1 Å². The molecule has 1 unspecified atom stereocenters. The van der Waals surface area contributed by atoms with E-state index < -0.39 is 0 Å². The average Bonchev–Trinajstić information content (AvgIpc) is 2.97. The molecule has 1 aromatic rings. The number of nitrogens with zero attached hydrogens (tertiary/aromatic N) is 3. The number of carbonyl (C=O) groups excluding carboxylic acids is 1. The molecular weight excluding hydrogens is 260 g/mol. The quantitative estimate of drug-likeness (QED) is 0.878. The fourth-order valence-corrected chi connectivity index (χ4v) is 3.47. The van der Waals surface area contributed by atoms with Crippen molar-refractivity contribution in [3.63, 3.8) is 0 Å². The SMILES string of the molecule is Cc1nnc(CCNC(=O)C2CCCN2C2CC2)s1. The van der Waals surface area contributed by atoms with Gasteiger partial charge in [-0.1, -0.05) is 0 Å². The molecule has 1 aromatic heterocycles. The minimum Gasteiger partial charge on any atom is -0.354 e. The highest BCUT2D eigenvalue weighted by Crippen LogP contribution is 2.33. The first kappa shape index (κ1) is 13.0. The van der Waals surface area contributed by atoms with Gasteiger partial charge >= 0.3 is 0 Å². The molecule has 19 heavy (non-hydrogen) atoms. The molecule has 0 radical (unpaired) electrons. The molecule has 0 aromatic carbocycles. The van der Waals surface area contributed by atoms with Crippen LogP contribution in [0.4, 0.5) is 0 Å². The van der Waals surface area contributed by atoms with Gasteiger partial charge in [0.1, 0.15) is 10.0 Å². The molecule has 3 rings (SSSR count). The van der Waals surface area contributed by atoms with Crippen LogP contribution in [0.25, 0.3) is 0 Å². The van der Waals surface area contributed by atoms with Gasteiger partial charge in [0.2, 0.25) is 5.91 Å². The second kappa shape index (κ2) is 5.54. The van der Waals surface area contributed by atoms with Gasteiger partial charge in [-0.05, 0) is 39.2 Å². The van der Waals surface area contributed by atoms with E-state index in [1.54, 1.807) is 11.3 Å².